The molecule has 9 nitrogen and oxygen atoms in total. The Kier molecular flexibility index (Phi) is 59.5. The Bertz CT molecular complexity index is 1520. The standard InChI is InChI=1S/C71H135N2O7P/c1-7-10-13-16-19-22-25-27-29-31-33-35-36-38-40-42-44-46-49-52-55-58-61-64-71(75)80-69(62-59-56-53-50-47-24-21-18-15-12-9-3)68(67-79-81(76,77)78-66-65-73(4,5)6)72-70(74)63-60-57-54-51-48-45-43-41-39-37-34-32-30-28-26-23-20-17-14-11-8-2/h20,23,28,30,34,37,59,62,68-69H,7-19,21-22,24-27,29,31-33,35-36,38-58,60-61,63-67H2,1-6H3,(H-,72,74,76,77)/b23-20-,30-28-,37-34-,62-59+. The van der Waals surface area contributed by atoms with E-state index in [2.05, 4.69) is 62.5 Å². The molecule has 0 saturated carbocycles. The van der Waals surface area contributed by atoms with Crippen LogP contribution in [0.15, 0.2) is 48.6 Å². The molecule has 0 fully saturated rings. The van der Waals surface area contributed by atoms with E-state index in [1.54, 1.807) is 0 Å². The van der Waals surface area contributed by atoms with Crippen LogP contribution in [0.4, 0.5) is 0 Å². The van der Waals surface area contributed by atoms with E-state index in [0.717, 1.165) is 83.5 Å². The average molecular weight is 1160 g/mol. The second kappa shape index (κ2) is 61.1. The van der Waals surface area contributed by atoms with Crippen molar-refractivity contribution in [3.63, 3.8) is 0 Å². The summed E-state index contributed by atoms with van der Waals surface area (Å²) in [4.78, 5) is 40.1. The van der Waals surface area contributed by atoms with Gasteiger partial charge in [0.1, 0.15) is 19.3 Å². The van der Waals surface area contributed by atoms with Crippen molar-refractivity contribution in [3.05, 3.63) is 48.6 Å². The van der Waals surface area contributed by atoms with E-state index in [4.69, 9.17) is 13.8 Å². The number of likely N-dealkylation sites (N-methyl/N-ethyl adjacent to an activating group) is 1. The summed E-state index contributed by atoms with van der Waals surface area (Å²) in [5, 5.41) is 3.04. The summed E-state index contributed by atoms with van der Waals surface area (Å²) in [6.07, 6.45) is 76.6. The first-order chi connectivity index (χ1) is 39.4. The first kappa shape index (κ1) is 79.0. The van der Waals surface area contributed by atoms with Gasteiger partial charge in [-0.15, -0.1) is 0 Å². The summed E-state index contributed by atoms with van der Waals surface area (Å²) in [6.45, 7) is 6.85. The number of phosphoric ester groups is 1. The van der Waals surface area contributed by atoms with Gasteiger partial charge in [0.25, 0.3) is 7.82 Å². The number of unbranched alkanes of at least 4 members (excludes halogenated alkanes) is 42. The number of nitrogens with zero attached hydrogens (tertiary/aromatic N) is 1. The molecule has 1 amide bonds. The molecule has 0 saturated heterocycles. The van der Waals surface area contributed by atoms with Gasteiger partial charge in [-0.25, -0.2) is 0 Å². The molecular weight excluding hydrogens is 1020 g/mol. The van der Waals surface area contributed by atoms with Gasteiger partial charge in [-0.1, -0.05) is 307 Å². The Labute approximate surface area is 503 Å². The second-order valence-electron chi connectivity index (χ2n) is 25.0. The Morgan fingerprint density at radius 1 is 0.432 bits per heavy atom. The third kappa shape index (κ3) is 62.3. The second-order valence-corrected chi connectivity index (χ2v) is 26.5. The zero-order valence-corrected chi connectivity index (χ0v) is 55.4. The van der Waals surface area contributed by atoms with Crippen LogP contribution in [-0.2, 0) is 27.9 Å². The van der Waals surface area contributed by atoms with Crippen molar-refractivity contribution < 1.29 is 37.3 Å². The molecular formula is C71H135N2O7P. The van der Waals surface area contributed by atoms with Gasteiger partial charge in [0, 0.05) is 12.8 Å². The number of carbonyl (C=O) groups excluding carboxylic acids is 2. The molecule has 1 N–H and O–H groups in total. The minimum atomic E-state index is -4.70. The number of hydrogen-bond acceptors (Lipinski definition) is 7. The predicted octanol–water partition coefficient (Wildman–Crippen LogP) is 21.4. The van der Waals surface area contributed by atoms with Crippen LogP contribution in [0.1, 0.15) is 342 Å². The topological polar surface area (TPSA) is 114 Å². The average Bonchev–Trinajstić information content (AvgIpc) is 3.44. The lowest BCUT2D eigenvalue weighted by Crippen LogP contribution is -2.47. The lowest BCUT2D eigenvalue weighted by molar-refractivity contribution is -0.870. The first-order valence-electron chi connectivity index (χ1n) is 34.9. The minimum Gasteiger partial charge on any atom is -0.756 e. The molecule has 3 atom stereocenters. The molecule has 0 aliphatic carbocycles. The number of allylic oxidation sites excluding steroid dienone is 7. The summed E-state index contributed by atoms with van der Waals surface area (Å²) in [7, 11) is 1.19. The van der Waals surface area contributed by atoms with Crippen LogP contribution in [0.2, 0.25) is 0 Å². The summed E-state index contributed by atoms with van der Waals surface area (Å²) >= 11 is 0. The molecule has 0 aromatic carbocycles. The third-order valence-electron chi connectivity index (χ3n) is 15.8. The van der Waals surface area contributed by atoms with Crippen LogP contribution >= 0.6 is 7.82 Å². The van der Waals surface area contributed by atoms with E-state index < -0.39 is 20.0 Å². The number of ether oxygens (including phenoxy) is 1. The van der Waals surface area contributed by atoms with E-state index in [-0.39, 0.29) is 31.5 Å². The number of nitrogens with one attached hydrogen (secondary N) is 1. The highest BCUT2D eigenvalue weighted by molar-refractivity contribution is 7.45. The molecule has 0 aromatic rings. The zero-order valence-electron chi connectivity index (χ0n) is 54.5. The predicted molar refractivity (Wildman–Crippen MR) is 349 cm³/mol. The SMILES string of the molecule is CCCCC/C=C\C/C=C\C/C=C\CCCCCCCCCCC(=O)NC(COP(=O)([O-])OCC[N+](C)(C)C)C(/C=C/CCCCCCCCCCC)OC(=O)CCCCCCCCCCCCCCCCCCCCCCCCC. The van der Waals surface area contributed by atoms with Crippen LogP contribution in [0, 0.1) is 0 Å². The highest BCUT2D eigenvalue weighted by atomic mass is 31.2. The summed E-state index contributed by atoms with van der Waals surface area (Å²) in [5.74, 6) is -0.534. The molecule has 0 heterocycles. The number of hydrogen-bond donors (Lipinski definition) is 1. The fourth-order valence-electron chi connectivity index (χ4n) is 10.4. The monoisotopic (exact) mass is 1160 g/mol. The van der Waals surface area contributed by atoms with Crippen molar-refractivity contribution in [2.24, 2.45) is 0 Å². The van der Waals surface area contributed by atoms with Crippen molar-refractivity contribution in [1.29, 1.82) is 0 Å². The fourth-order valence-corrected chi connectivity index (χ4v) is 11.1. The maximum Gasteiger partial charge on any atom is 0.306 e. The van der Waals surface area contributed by atoms with Crippen LogP contribution < -0.4 is 10.2 Å². The van der Waals surface area contributed by atoms with Crippen LogP contribution in [0.5, 0.6) is 0 Å². The molecule has 476 valence electrons. The maximum atomic E-state index is 13.6. The Morgan fingerprint density at radius 2 is 0.753 bits per heavy atom. The Morgan fingerprint density at radius 3 is 1.15 bits per heavy atom. The number of quaternary nitrogens is 1. The lowest BCUT2D eigenvalue weighted by atomic mass is 10.0. The Balaban J connectivity index is 5.05. The van der Waals surface area contributed by atoms with E-state index in [0.29, 0.717) is 17.4 Å². The van der Waals surface area contributed by atoms with Gasteiger partial charge in [0.2, 0.25) is 5.91 Å². The smallest absolute Gasteiger partial charge is 0.306 e. The normalized spacial score (nSPS) is 13.8. The largest absolute Gasteiger partial charge is 0.756 e. The van der Waals surface area contributed by atoms with E-state index >= 15 is 0 Å². The van der Waals surface area contributed by atoms with Crippen LogP contribution in [0.3, 0.4) is 0 Å². The van der Waals surface area contributed by atoms with Gasteiger partial charge < -0.3 is 28.5 Å². The number of rotatable bonds is 64. The van der Waals surface area contributed by atoms with Gasteiger partial charge in [0.05, 0.1) is 33.8 Å². The lowest BCUT2D eigenvalue weighted by Gasteiger charge is -2.30. The zero-order chi connectivity index (χ0) is 59.3. The molecule has 0 radical (unpaired) electrons. The van der Waals surface area contributed by atoms with Crippen molar-refractivity contribution in [3.8, 4) is 0 Å². The van der Waals surface area contributed by atoms with E-state index in [9.17, 15) is 19.0 Å². The molecule has 0 aromatic heterocycles. The number of amides is 1. The molecule has 81 heavy (non-hydrogen) atoms. The van der Waals surface area contributed by atoms with Gasteiger partial charge in [0.15, 0.2) is 0 Å². The van der Waals surface area contributed by atoms with E-state index in [1.807, 2.05) is 33.3 Å². The molecule has 0 bridgehead atoms. The van der Waals surface area contributed by atoms with Gasteiger partial charge in [-0.2, -0.15) is 0 Å². The van der Waals surface area contributed by atoms with Crippen molar-refractivity contribution in [1.82, 2.24) is 5.32 Å². The summed E-state index contributed by atoms with van der Waals surface area (Å²) in [5.41, 5.74) is 0. The molecule has 0 aliphatic heterocycles. The highest BCUT2D eigenvalue weighted by Crippen LogP contribution is 2.38. The number of carbonyl (C=O) groups is 2. The highest BCUT2D eigenvalue weighted by Gasteiger charge is 2.27. The molecule has 0 aliphatic rings. The third-order valence-corrected chi connectivity index (χ3v) is 16.7. The first-order valence-corrected chi connectivity index (χ1v) is 36.4. The Hall–Kier alpha value is -2.03. The van der Waals surface area contributed by atoms with Crippen molar-refractivity contribution >= 4 is 19.7 Å². The quantitative estimate of drug-likeness (QED) is 0.0212. The maximum absolute atomic E-state index is 13.6. The molecule has 10 heteroatoms. The number of esters is 1. The van der Waals surface area contributed by atoms with Gasteiger partial charge in [-0.3, -0.25) is 14.2 Å². The fraction of sp³-hybridized carbons (Fsp3) is 0.859. The van der Waals surface area contributed by atoms with E-state index in [1.165, 1.54) is 225 Å². The molecule has 0 rings (SSSR count). The molecule has 0 spiro atoms. The van der Waals surface area contributed by atoms with Crippen molar-refractivity contribution in [2.45, 2.75) is 354 Å². The molecule has 3 unspecified atom stereocenters. The van der Waals surface area contributed by atoms with Gasteiger partial charge >= 0.3 is 5.97 Å². The summed E-state index contributed by atoms with van der Waals surface area (Å²) in [6, 6.07) is -0.891. The summed E-state index contributed by atoms with van der Waals surface area (Å²) < 4.78 is 30.4. The van der Waals surface area contributed by atoms with Gasteiger partial charge in [-0.05, 0) is 70.3 Å². The van der Waals surface area contributed by atoms with Crippen molar-refractivity contribution in [2.75, 3.05) is 40.9 Å². The van der Waals surface area contributed by atoms with Crippen LogP contribution in [-0.4, -0.2) is 69.4 Å². The minimum absolute atomic E-state index is 0.0226. The number of phosphoric acid groups is 1. The van der Waals surface area contributed by atoms with Crippen LogP contribution in [0.25, 0.3) is 0 Å².